The van der Waals surface area contributed by atoms with Crippen molar-refractivity contribution in [3.63, 3.8) is 0 Å². The van der Waals surface area contributed by atoms with Gasteiger partial charge < -0.3 is 11.1 Å². The molecule has 3 aromatic rings. The van der Waals surface area contributed by atoms with Crippen LogP contribution in [0, 0.1) is 6.92 Å². The van der Waals surface area contributed by atoms with Gasteiger partial charge in [0.05, 0.1) is 11.9 Å². The summed E-state index contributed by atoms with van der Waals surface area (Å²) < 4.78 is 25.7. The average Bonchev–Trinajstić information content (AvgIpc) is 2.78. The van der Waals surface area contributed by atoms with Crippen molar-refractivity contribution in [2.24, 2.45) is 5.73 Å². The second-order valence-corrected chi connectivity index (χ2v) is 9.85. The minimum absolute atomic E-state index is 0.305. The molecular formula is C24H31N5O2S. The van der Waals surface area contributed by atoms with Crippen molar-refractivity contribution in [2.75, 3.05) is 31.2 Å². The molecule has 1 aromatic heterocycles. The van der Waals surface area contributed by atoms with Crippen LogP contribution in [-0.2, 0) is 23.0 Å². The normalized spacial score (nSPS) is 11.6. The van der Waals surface area contributed by atoms with Crippen LogP contribution in [0.1, 0.15) is 23.1 Å². The van der Waals surface area contributed by atoms with E-state index in [0.717, 1.165) is 29.8 Å². The third kappa shape index (κ3) is 7.12. The third-order valence-corrected chi connectivity index (χ3v) is 6.39. The molecule has 0 amide bonds. The first-order valence-corrected chi connectivity index (χ1v) is 12.6. The zero-order valence-electron chi connectivity index (χ0n) is 18.7. The molecule has 8 heteroatoms. The number of anilines is 1. The van der Waals surface area contributed by atoms with Gasteiger partial charge in [-0.1, -0.05) is 48.0 Å². The molecule has 1 heterocycles. The number of benzene rings is 2. The predicted molar refractivity (Wildman–Crippen MR) is 130 cm³/mol. The molecule has 0 unspecified atom stereocenters. The van der Waals surface area contributed by atoms with Crippen molar-refractivity contribution in [3.8, 4) is 11.3 Å². The molecule has 0 fully saturated rings. The Hall–Kier alpha value is -2.81. The Balaban J connectivity index is 1.68. The molecule has 32 heavy (non-hydrogen) atoms. The first-order chi connectivity index (χ1) is 15.3. The lowest BCUT2D eigenvalue weighted by atomic mass is 10.1. The summed E-state index contributed by atoms with van der Waals surface area (Å²) in [5.74, 6) is 0.570. The van der Waals surface area contributed by atoms with Crippen molar-refractivity contribution < 1.29 is 8.42 Å². The molecule has 0 saturated carbocycles. The maximum Gasteiger partial charge on any atom is 0.223 e. The zero-order valence-corrected chi connectivity index (χ0v) is 19.5. The Kier molecular flexibility index (Phi) is 8.33. The SMILES string of the molecule is Cc1ccc(CCNc2nccc(-c3cccc(CN(CCCN)S(C)(=O)=O)c3)n2)cc1. The summed E-state index contributed by atoms with van der Waals surface area (Å²) in [6.45, 7) is 3.97. The molecule has 170 valence electrons. The minimum atomic E-state index is -3.31. The van der Waals surface area contributed by atoms with Crippen molar-refractivity contribution in [1.29, 1.82) is 0 Å². The van der Waals surface area contributed by atoms with E-state index in [0.29, 0.717) is 32.0 Å². The highest BCUT2D eigenvalue weighted by molar-refractivity contribution is 7.88. The highest BCUT2D eigenvalue weighted by Crippen LogP contribution is 2.20. The second-order valence-electron chi connectivity index (χ2n) is 7.87. The summed E-state index contributed by atoms with van der Waals surface area (Å²) in [7, 11) is -3.31. The van der Waals surface area contributed by atoms with Crippen molar-refractivity contribution in [2.45, 2.75) is 26.3 Å². The van der Waals surface area contributed by atoms with Crippen molar-refractivity contribution >= 4 is 16.0 Å². The molecule has 0 aliphatic heterocycles. The Morgan fingerprint density at radius 2 is 1.84 bits per heavy atom. The number of aryl methyl sites for hydroxylation is 1. The quantitative estimate of drug-likeness (QED) is 0.462. The van der Waals surface area contributed by atoms with Gasteiger partial charge in [0, 0.05) is 31.4 Å². The molecule has 0 spiro atoms. The van der Waals surface area contributed by atoms with Gasteiger partial charge in [-0.2, -0.15) is 4.31 Å². The lowest BCUT2D eigenvalue weighted by Gasteiger charge is -2.20. The number of hydrogen-bond donors (Lipinski definition) is 2. The summed E-state index contributed by atoms with van der Waals surface area (Å²) in [4.78, 5) is 8.96. The van der Waals surface area contributed by atoms with E-state index in [1.54, 1.807) is 6.20 Å². The molecule has 3 N–H and O–H groups in total. The van der Waals surface area contributed by atoms with Crippen LogP contribution >= 0.6 is 0 Å². The van der Waals surface area contributed by atoms with E-state index >= 15 is 0 Å². The van der Waals surface area contributed by atoms with E-state index in [-0.39, 0.29) is 0 Å². The maximum absolute atomic E-state index is 12.1. The van der Waals surface area contributed by atoms with Crippen LogP contribution in [0.2, 0.25) is 0 Å². The number of sulfonamides is 1. The van der Waals surface area contributed by atoms with Gasteiger partial charge in [-0.3, -0.25) is 0 Å². The molecule has 0 atom stereocenters. The average molecular weight is 454 g/mol. The predicted octanol–water partition coefficient (Wildman–Crippen LogP) is 3.22. The molecule has 0 aliphatic carbocycles. The zero-order chi connectivity index (χ0) is 23.0. The van der Waals surface area contributed by atoms with Gasteiger partial charge in [0.1, 0.15) is 0 Å². The smallest absolute Gasteiger partial charge is 0.223 e. The van der Waals surface area contributed by atoms with Crippen molar-refractivity contribution in [1.82, 2.24) is 14.3 Å². The van der Waals surface area contributed by atoms with E-state index in [1.807, 2.05) is 30.3 Å². The number of aromatic nitrogens is 2. The largest absolute Gasteiger partial charge is 0.354 e. The molecule has 0 saturated heterocycles. The van der Waals surface area contributed by atoms with E-state index < -0.39 is 10.0 Å². The Labute approximate surface area is 190 Å². The van der Waals surface area contributed by atoms with E-state index in [9.17, 15) is 8.42 Å². The van der Waals surface area contributed by atoms with Crippen LogP contribution < -0.4 is 11.1 Å². The highest BCUT2D eigenvalue weighted by Gasteiger charge is 2.16. The molecule has 2 aromatic carbocycles. The van der Waals surface area contributed by atoms with E-state index in [2.05, 4.69) is 46.5 Å². The van der Waals surface area contributed by atoms with Crippen LogP contribution in [0.15, 0.2) is 60.8 Å². The van der Waals surface area contributed by atoms with Gasteiger partial charge in [0.15, 0.2) is 0 Å². The van der Waals surface area contributed by atoms with Gasteiger partial charge >= 0.3 is 0 Å². The molecule has 7 nitrogen and oxygen atoms in total. The Morgan fingerprint density at radius 3 is 2.56 bits per heavy atom. The molecule has 0 radical (unpaired) electrons. The van der Waals surface area contributed by atoms with Gasteiger partial charge in [0.2, 0.25) is 16.0 Å². The summed E-state index contributed by atoms with van der Waals surface area (Å²) >= 11 is 0. The van der Waals surface area contributed by atoms with E-state index in [4.69, 9.17) is 5.73 Å². The van der Waals surface area contributed by atoms with Crippen LogP contribution in [0.5, 0.6) is 0 Å². The van der Waals surface area contributed by atoms with E-state index in [1.165, 1.54) is 21.7 Å². The lowest BCUT2D eigenvalue weighted by molar-refractivity contribution is 0.405. The van der Waals surface area contributed by atoms with Crippen LogP contribution in [0.25, 0.3) is 11.3 Å². The number of nitrogens with one attached hydrogen (secondary N) is 1. The standard InChI is InChI=1S/C24H31N5O2S/c1-19-7-9-20(10-8-19)11-14-26-24-27-15-12-23(28-24)22-6-3-5-21(17-22)18-29(16-4-13-25)32(2,30)31/h3,5-10,12,15,17H,4,11,13-14,16,18,25H2,1-2H3,(H,26,27,28). The van der Waals surface area contributed by atoms with Crippen LogP contribution in [0.4, 0.5) is 5.95 Å². The number of nitrogens with zero attached hydrogens (tertiary/aromatic N) is 3. The fraction of sp³-hybridized carbons (Fsp3) is 0.333. The van der Waals surface area contributed by atoms with Crippen LogP contribution in [-0.4, -0.2) is 48.6 Å². The minimum Gasteiger partial charge on any atom is -0.354 e. The molecule has 3 rings (SSSR count). The summed E-state index contributed by atoms with van der Waals surface area (Å²) in [6, 6.07) is 18.1. The Bertz CT molecular complexity index is 1120. The molecule has 0 aliphatic rings. The van der Waals surface area contributed by atoms with Crippen LogP contribution in [0.3, 0.4) is 0 Å². The number of nitrogens with two attached hydrogens (primary N) is 1. The van der Waals surface area contributed by atoms with Gasteiger partial charge in [0.25, 0.3) is 0 Å². The topological polar surface area (TPSA) is 101 Å². The number of rotatable bonds is 11. The summed E-state index contributed by atoms with van der Waals surface area (Å²) in [5, 5.41) is 3.29. The summed E-state index contributed by atoms with van der Waals surface area (Å²) in [5.41, 5.74) is 10.7. The summed E-state index contributed by atoms with van der Waals surface area (Å²) in [6.07, 6.45) is 4.46. The van der Waals surface area contributed by atoms with Gasteiger partial charge in [-0.05, 0) is 49.6 Å². The lowest BCUT2D eigenvalue weighted by Crippen LogP contribution is -2.31. The third-order valence-electron chi connectivity index (χ3n) is 5.14. The first-order valence-electron chi connectivity index (χ1n) is 10.7. The maximum atomic E-state index is 12.1. The Morgan fingerprint density at radius 1 is 1.06 bits per heavy atom. The second kappa shape index (κ2) is 11.2. The van der Waals surface area contributed by atoms with Gasteiger partial charge in [-0.25, -0.2) is 18.4 Å². The van der Waals surface area contributed by atoms with Crippen molar-refractivity contribution in [3.05, 3.63) is 77.5 Å². The monoisotopic (exact) mass is 453 g/mol. The molecular weight excluding hydrogens is 422 g/mol. The van der Waals surface area contributed by atoms with Gasteiger partial charge in [-0.15, -0.1) is 0 Å². The highest BCUT2D eigenvalue weighted by atomic mass is 32.2. The first kappa shape index (κ1) is 23.8. The fourth-order valence-electron chi connectivity index (χ4n) is 3.34. The fourth-order valence-corrected chi connectivity index (χ4v) is 4.18. The number of hydrogen-bond acceptors (Lipinski definition) is 6. The molecule has 0 bridgehead atoms.